The Balaban J connectivity index is 2.21. The number of benzene rings is 3. The number of nitro groups is 2. The molecule has 0 atom stereocenters. The molecular formula is C22H18Cl2N4O5. The van der Waals surface area contributed by atoms with E-state index in [2.05, 4.69) is 10.2 Å². The van der Waals surface area contributed by atoms with E-state index < -0.39 is 21.2 Å². The van der Waals surface area contributed by atoms with Crippen LogP contribution in [0.2, 0.25) is 10.0 Å². The molecule has 0 heterocycles. The summed E-state index contributed by atoms with van der Waals surface area (Å²) in [6.07, 6.45) is 0. The van der Waals surface area contributed by atoms with Crippen molar-refractivity contribution >= 4 is 46.0 Å². The molecule has 0 fully saturated rings. The summed E-state index contributed by atoms with van der Waals surface area (Å²) in [5, 5.41) is 41.8. The van der Waals surface area contributed by atoms with Gasteiger partial charge in [-0.25, -0.2) is 0 Å². The number of nitrogens with zero attached hydrogens (tertiary/aromatic N) is 4. The first kappa shape index (κ1) is 24.1. The number of rotatable bonds is 5. The average molecular weight is 489 g/mol. The number of non-ortho nitro benzene ring substituents is 1. The van der Waals surface area contributed by atoms with Crippen LogP contribution in [-0.2, 0) is 5.41 Å². The number of azo groups is 1. The number of halogens is 2. The first-order valence-electron chi connectivity index (χ1n) is 9.56. The predicted octanol–water partition coefficient (Wildman–Crippen LogP) is 7.90. The molecule has 0 saturated heterocycles. The van der Waals surface area contributed by atoms with E-state index in [-0.39, 0.29) is 22.5 Å². The summed E-state index contributed by atoms with van der Waals surface area (Å²) in [4.78, 5) is 20.8. The molecule has 9 nitrogen and oxygen atoms in total. The van der Waals surface area contributed by atoms with Crippen molar-refractivity contribution < 1.29 is 15.0 Å². The van der Waals surface area contributed by atoms with E-state index in [0.717, 1.165) is 23.8 Å². The molecule has 170 valence electrons. The van der Waals surface area contributed by atoms with Gasteiger partial charge in [-0.3, -0.25) is 20.2 Å². The Morgan fingerprint density at radius 1 is 0.879 bits per heavy atom. The molecule has 1 N–H and O–H groups in total. The third-order valence-electron chi connectivity index (χ3n) is 4.82. The molecule has 0 spiro atoms. The molecule has 3 aromatic rings. The van der Waals surface area contributed by atoms with Crippen molar-refractivity contribution in [1.29, 1.82) is 0 Å². The highest BCUT2D eigenvalue weighted by Crippen LogP contribution is 2.46. The lowest BCUT2D eigenvalue weighted by molar-refractivity contribution is -0.393. The average Bonchev–Trinajstić information content (AvgIpc) is 2.72. The van der Waals surface area contributed by atoms with Crippen molar-refractivity contribution in [3.8, 4) is 16.9 Å². The maximum Gasteiger partial charge on any atom is 0.303 e. The van der Waals surface area contributed by atoms with Gasteiger partial charge in [0.1, 0.15) is 5.69 Å². The molecule has 0 aliphatic heterocycles. The summed E-state index contributed by atoms with van der Waals surface area (Å²) in [5.41, 5.74) is -0.0715. The first-order valence-corrected chi connectivity index (χ1v) is 10.3. The van der Waals surface area contributed by atoms with E-state index in [4.69, 9.17) is 23.2 Å². The zero-order valence-corrected chi connectivity index (χ0v) is 19.3. The molecule has 0 aliphatic rings. The van der Waals surface area contributed by atoms with Gasteiger partial charge in [-0.1, -0.05) is 50.0 Å². The van der Waals surface area contributed by atoms with Crippen LogP contribution in [0.3, 0.4) is 0 Å². The van der Waals surface area contributed by atoms with Crippen LogP contribution in [0.25, 0.3) is 11.1 Å². The van der Waals surface area contributed by atoms with E-state index in [9.17, 15) is 25.3 Å². The quantitative estimate of drug-likeness (QED) is 0.221. The van der Waals surface area contributed by atoms with E-state index in [1.54, 1.807) is 30.3 Å². The van der Waals surface area contributed by atoms with Crippen LogP contribution in [0.15, 0.2) is 58.8 Å². The van der Waals surface area contributed by atoms with Crippen molar-refractivity contribution in [2.24, 2.45) is 10.2 Å². The molecule has 0 bridgehead atoms. The lowest BCUT2D eigenvalue weighted by Gasteiger charge is -2.22. The van der Waals surface area contributed by atoms with Crippen LogP contribution in [0, 0.1) is 20.2 Å². The maximum atomic E-state index is 11.4. The van der Waals surface area contributed by atoms with Crippen LogP contribution in [0.1, 0.15) is 26.3 Å². The monoisotopic (exact) mass is 488 g/mol. The Labute approximate surface area is 198 Å². The highest BCUT2D eigenvalue weighted by molar-refractivity contribution is 6.39. The molecular weight excluding hydrogens is 471 g/mol. The van der Waals surface area contributed by atoms with Crippen molar-refractivity contribution in [2.45, 2.75) is 26.2 Å². The number of phenolic OH excluding ortho intramolecular Hbond substituents is 1. The van der Waals surface area contributed by atoms with Gasteiger partial charge in [0.15, 0.2) is 11.4 Å². The minimum absolute atomic E-state index is 0.0288. The number of nitro benzene ring substituents is 2. The summed E-state index contributed by atoms with van der Waals surface area (Å²) in [6, 6.07) is 11.3. The second-order valence-corrected chi connectivity index (χ2v) is 8.94. The molecule has 3 rings (SSSR count). The minimum atomic E-state index is -0.790. The summed E-state index contributed by atoms with van der Waals surface area (Å²) >= 11 is 12.7. The first-order chi connectivity index (χ1) is 15.4. The van der Waals surface area contributed by atoms with Crippen molar-refractivity contribution in [2.75, 3.05) is 0 Å². The third-order valence-corrected chi connectivity index (χ3v) is 5.45. The van der Waals surface area contributed by atoms with Crippen molar-refractivity contribution in [3.63, 3.8) is 0 Å². The highest BCUT2D eigenvalue weighted by Gasteiger charge is 2.23. The minimum Gasteiger partial charge on any atom is -0.505 e. The molecule has 0 aromatic heterocycles. The molecule has 11 heteroatoms. The van der Waals surface area contributed by atoms with E-state index in [1.165, 1.54) is 0 Å². The van der Waals surface area contributed by atoms with E-state index in [1.807, 2.05) is 20.8 Å². The van der Waals surface area contributed by atoms with Crippen molar-refractivity contribution in [3.05, 3.63) is 84.4 Å². The van der Waals surface area contributed by atoms with Gasteiger partial charge in [-0.05, 0) is 41.3 Å². The second-order valence-electron chi connectivity index (χ2n) is 8.13. The molecule has 0 saturated carbocycles. The Morgan fingerprint density at radius 3 is 2.03 bits per heavy atom. The normalized spacial score (nSPS) is 11.7. The van der Waals surface area contributed by atoms with Crippen LogP contribution >= 0.6 is 23.2 Å². The smallest absolute Gasteiger partial charge is 0.303 e. The molecule has 33 heavy (non-hydrogen) atoms. The van der Waals surface area contributed by atoms with Gasteiger partial charge in [-0.2, -0.15) is 0 Å². The lowest BCUT2D eigenvalue weighted by atomic mass is 9.84. The largest absolute Gasteiger partial charge is 0.505 e. The summed E-state index contributed by atoms with van der Waals surface area (Å²) in [7, 11) is 0. The molecule has 0 aliphatic carbocycles. The fourth-order valence-corrected chi connectivity index (χ4v) is 3.64. The molecule has 0 amide bonds. The summed E-state index contributed by atoms with van der Waals surface area (Å²) < 4.78 is 0. The molecule has 3 aromatic carbocycles. The van der Waals surface area contributed by atoms with Gasteiger partial charge in [0, 0.05) is 17.2 Å². The topological polar surface area (TPSA) is 131 Å². The molecule has 0 unspecified atom stereocenters. The van der Waals surface area contributed by atoms with Crippen LogP contribution in [0.5, 0.6) is 5.75 Å². The van der Waals surface area contributed by atoms with Gasteiger partial charge >= 0.3 is 5.69 Å². The fraction of sp³-hybridized carbons (Fsp3) is 0.182. The SMILES string of the molecule is CC(C)(C)c1cc(N=Nc2ccc([N+](=O)[O-])cc2[N+](=O)[O-])c(O)c(-c2c(Cl)cccc2Cl)c1. The van der Waals surface area contributed by atoms with Crippen LogP contribution in [0.4, 0.5) is 22.7 Å². The van der Waals surface area contributed by atoms with Gasteiger partial charge < -0.3 is 5.11 Å². The zero-order valence-electron chi connectivity index (χ0n) is 17.7. The predicted molar refractivity (Wildman–Crippen MR) is 126 cm³/mol. The number of phenols is 1. The Morgan fingerprint density at radius 2 is 1.48 bits per heavy atom. The van der Waals surface area contributed by atoms with E-state index in [0.29, 0.717) is 21.2 Å². The van der Waals surface area contributed by atoms with E-state index >= 15 is 0 Å². The zero-order chi connectivity index (χ0) is 24.5. The number of hydrogen-bond acceptors (Lipinski definition) is 7. The van der Waals surface area contributed by atoms with Crippen LogP contribution in [-0.4, -0.2) is 15.0 Å². The Kier molecular flexibility index (Phi) is 6.66. The summed E-state index contributed by atoms with van der Waals surface area (Å²) in [6.45, 7) is 5.87. The standard InChI is InChI=1S/C22H18Cl2N4O5/c1-22(2,3)12-9-14(20-15(23)5-4-6-16(20)24)21(29)18(10-12)26-25-17-8-7-13(27(30)31)11-19(17)28(32)33/h4-11,29H,1-3H3. The van der Waals surface area contributed by atoms with Gasteiger partial charge in [-0.15, -0.1) is 10.2 Å². The number of hydrogen-bond donors (Lipinski definition) is 1. The van der Waals surface area contributed by atoms with Gasteiger partial charge in [0.25, 0.3) is 5.69 Å². The Bertz CT molecular complexity index is 1280. The van der Waals surface area contributed by atoms with Gasteiger partial charge in [0.05, 0.1) is 26.0 Å². The molecule has 0 radical (unpaired) electrons. The highest BCUT2D eigenvalue weighted by atomic mass is 35.5. The fourth-order valence-electron chi connectivity index (χ4n) is 3.04. The van der Waals surface area contributed by atoms with Gasteiger partial charge in [0.2, 0.25) is 0 Å². The summed E-state index contributed by atoms with van der Waals surface area (Å²) in [5.74, 6) is -0.272. The lowest BCUT2D eigenvalue weighted by Crippen LogP contribution is -2.11. The van der Waals surface area contributed by atoms with Crippen molar-refractivity contribution in [1.82, 2.24) is 0 Å². The van der Waals surface area contributed by atoms with Crippen LogP contribution < -0.4 is 0 Å². The Hall–Kier alpha value is -3.56. The maximum absolute atomic E-state index is 11.4. The third kappa shape index (κ3) is 5.10. The second kappa shape index (κ2) is 9.13. The number of aromatic hydroxyl groups is 1.